The van der Waals surface area contributed by atoms with Crippen LogP contribution >= 0.6 is 12.2 Å². The van der Waals surface area contributed by atoms with E-state index in [1.165, 1.54) is 0 Å². The first-order valence-electron chi connectivity index (χ1n) is 13.3. The SMILES string of the molecule is CCOc1ccc(-n2cccc2[C@@H]2[C@H](c3ccccn3)NC(=S)N2CCC(=O)Nc2ccccc2CC)cc1. The summed E-state index contributed by atoms with van der Waals surface area (Å²) >= 11 is 5.83. The molecule has 1 aliphatic heterocycles. The second kappa shape index (κ2) is 12.1. The summed E-state index contributed by atoms with van der Waals surface area (Å²) in [5.74, 6) is 0.794. The fourth-order valence-electron chi connectivity index (χ4n) is 5.09. The Labute approximate surface area is 234 Å². The molecule has 0 spiro atoms. The van der Waals surface area contributed by atoms with Crippen molar-refractivity contribution in [2.75, 3.05) is 18.5 Å². The Kier molecular flexibility index (Phi) is 8.22. The first-order chi connectivity index (χ1) is 19.1. The van der Waals surface area contributed by atoms with Crippen LogP contribution in [0, 0.1) is 0 Å². The van der Waals surface area contributed by atoms with Gasteiger partial charge in [0.25, 0.3) is 0 Å². The van der Waals surface area contributed by atoms with Crippen molar-refractivity contribution in [2.45, 2.75) is 38.8 Å². The van der Waals surface area contributed by atoms with Crippen LogP contribution in [0.5, 0.6) is 5.75 Å². The number of aromatic nitrogens is 2. The van der Waals surface area contributed by atoms with Crippen LogP contribution in [0.3, 0.4) is 0 Å². The van der Waals surface area contributed by atoms with Crippen molar-refractivity contribution in [2.24, 2.45) is 0 Å². The summed E-state index contributed by atoms with van der Waals surface area (Å²) in [7, 11) is 0. The van der Waals surface area contributed by atoms with Crippen LogP contribution in [0.2, 0.25) is 0 Å². The molecule has 5 rings (SSSR count). The Morgan fingerprint density at radius 3 is 2.56 bits per heavy atom. The zero-order valence-electron chi connectivity index (χ0n) is 22.2. The van der Waals surface area contributed by atoms with Crippen molar-refractivity contribution >= 4 is 28.9 Å². The van der Waals surface area contributed by atoms with Gasteiger partial charge < -0.3 is 24.8 Å². The summed E-state index contributed by atoms with van der Waals surface area (Å²) in [6.07, 6.45) is 5.00. The third-order valence-corrected chi connectivity index (χ3v) is 7.31. The van der Waals surface area contributed by atoms with Crippen LogP contribution < -0.4 is 15.4 Å². The molecule has 7 nitrogen and oxygen atoms in total. The molecule has 2 aromatic heterocycles. The number of amides is 1. The lowest BCUT2D eigenvalue weighted by Crippen LogP contribution is -2.33. The van der Waals surface area contributed by atoms with Gasteiger partial charge in [-0.25, -0.2) is 0 Å². The van der Waals surface area contributed by atoms with Gasteiger partial charge in [-0.15, -0.1) is 0 Å². The topological polar surface area (TPSA) is 71.4 Å². The predicted molar refractivity (Wildman–Crippen MR) is 158 cm³/mol. The van der Waals surface area contributed by atoms with Gasteiger partial charge in [0.05, 0.1) is 24.4 Å². The lowest BCUT2D eigenvalue weighted by atomic mass is 10.0. The number of nitrogens with zero attached hydrogens (tertiary/aromatic N) is 3. The molecular formula is C31H33N5O2S. The molecule has 0 radical (unpaired) electrons. The maximum atomic E-state index is 13.0. The molecule has 0 aliphatic carbocycles. The van der Waals surface area contributed by atoms with E-state index in [4.69, 9.17) is 17.0 Å². The fourth-order valence-corrected chi connectivity index (χ4v) is 5.42. The van der Waals surface area contributed by atoms with Crippen LogP contribution in [0.15, 0.2) is 91.3 Å². The van der Waals surface area contributed by atoms with Gasteiger partial charge in [0.1, 0.15) is 5.75 Å². The second-order valence-corrected chi connectivity index (χ2v) is 9.75. The van der Waals surface area contributed by atoms with Crippen molar-refractivity contribution in [3.63, 3.8) is 0 Å². The van der Waals surface area contributed by atoms with Crippen molar-refractivity contribution in [1.29, 1.82) is 0 Å². The molecule has 0 saturated carbocycles. The number of hydrogen-bond acceptors (Lipinski definition) is 4. The van der Waals surface area contributed by atoms with Crippen LogP contribution in [0.1, 0.15) is 49.3 Å². The molecule has 4 aromatic rings. The number of pyridine rings is 1. The number of benzene rings is 2. The number of rotatable bonds is 10. The molecule has 200 valence electrons. The molecule has 1 aliphatic rings. The largest absolute Gasteiger partial charge is 0.494 e. The lowest BCUT2D eigenvalue weighted by Gasteiger charge is -2.29. The minimum Gasteiger partial charge on any atom is -0.494 e. The average Bonchev–Trinajstić information content (AvgIpc) is 3.57. The van der Waals surface area contributed by atoms with Gasteiger partial charge in [-0.2, -0.15) is 0 Å². The van der Waals surface area contributed by atoms with Gasteiger partial charge in [-0.3, -0.25) is 9.78 Å². The Bertz CT molecular complexity index is 1420. The Morgan fingerprint density at radius 1 is 1.03 bits per heavy atom. The first kappa shape index (κ1) is 26.4. The van der Waals surface area contributed by atoms with E-state index in [1.807, 2.05) is 79.7 Å². The fraction of sp³-hybridized carbons (Fsp3) is 0.258. The van der Waals surface area contributed by atoms with Gasteiger partial charge in [0.15, 0.2) is 5.11 Å². The molecule has 1 fully saturated rings. The van der Waals surface area contributed by atoms with Gasteiger partial charge >= 0.3 is 0 Å². The third-order valence-electron chi connectivity index (χ3n) is 6.96. The number of carbonyl (C=O) groups is 1. The van der Waals surface area contributed by atoms with Gasteiger partial charge in [-0.05, 0) is 85.7 Å². The zero-order chi connectivity index (χ0) is 27.2. The van der Waals surface area contributed by atoms with Gasteiger partial charge in [0, 0.05) is 42.4 Å². The molecule has 3 heterocycles. The maximum absolute atomic E-state index is 13.0. The molecule has 1 saturated heterocycles. The average molecular weight is 540 g/mol. The minimum absolute atomic E-state index is 0.0411. The predicted octanol–water partition coefficient (Wildman–Crippen LogP) is 5.83. The number of carbonyl (C=O) groups excluding carboxylic acids is 1. The van der Waals surface area contributed by atoms with E-state index in [0.29, 0.717) is 24.7 Å². The number of nitrogens with one attached hydrogen (secondary N) is 2. The lowest BCUT2D eigenvalue weighted by molar-refractivity contribution is -0.116. The van der Waals surface area contributed by atoms with Crippen molar-refractivity contribution in [1.82, 2.24) is 19.8 Å². The Hall–Kier alpha value is -4.17. The molecule has 0 unspecified atom stereocenters. The summed E-state index contributed by atoms with van der Waals surface area (Å²) in [6.45, 7) is 5.15. The number of thiocarbonyl (C=S) groups is 1. The third kappa shape index (κ3) is 5.81. The van der Waals surface area contributed by atoms with E-state index in [2.05, 4.69) is 44.3 Å². The summed E-state index contributed by atoms with van der Waals surface area (Å²) in [4.78, 5) is 19.8. The quantitative estimate of drug-likeness (QED) is 0.247. The number of anilines is 1. The molecule has 2 N–H and O–H groups in total. The van der Waals surface area contributed by atoms with E-state index in [-0.39, 0.29) is 18.0 Å². The standard InChI is InChI=1S/C31H33N5O2S/c1-3-22-10-5-6-11-25(22)33-28(37)18-21-36-30(29(34-31(36)39)26-12-7-8-19-32-26)27-13-9-20-35(27)23-14-16-24(17-15-23)38-4-2/h5-17,19-20,29-30H,3-4,18,21H2,1-2H3,(H,33,37)(H,34,39)/t29-,30+/m0/s1. The molecular weight excluding hydrogens is 506 g/mol. The van der Waals surface area contributed by atoms with Gasteiger partial charge in [-0.1, -0.05) is 31.2 Å². The van der Waals surface area contributed by atoms with Gasteiger partial charge in [0.2, 0.25) is 5.91 Å². The van der Waals surface area contributed by atoms with E-state index >= 15 is 0 Å². The monoisotopic (exact) mass is 539 g/mol. The Balaban J connectivity index is 1.42. The highest BCUT2D eigenvalue weighted by atomic mass is 32.1. The summed E-state index contributed by atoms with van der Waals surface area (Å²) < 4.78 is 7.80. The normalized spacial score (nSPS) is 16.7. The van der Waals surface area contributed by atoms with E-state index in [1.54, 1.807) is 6.20 Å². The first-order valence-corrected chi connectivity index (χ1v) is 13.8. The number of aryl methyl sites for hydroxylation is 1. The summed E-state index contributed by atoms with van der Waals surface area (Å²) in [5.41, 5.74) is 4.95. The van der Waals surface area contributed by atoms with Crippen molar-refractivity contribution < 1.29 is 9.53 Å². The molecule has 8 heteroatoms. The van der Waals surface area contributed by atoms with E-state index < -0.39 is 0 Å². The molecule has 2 atom stereocenters. The number of para-hydroxylation sites is 1. The summed E-state index contributed by atoms with van der Waals surface area (Å²) in [6, 6.07) is 25.7. The molecule has 39 heavy (non-hydrogen) atoms. The highest BCUT2D eigenvalue weighted by Gasteiger charge is 2.41. The van der Waals surface area contributed by atoms with Crippen LogP contribution in [0.25, 0.3) is 5.69 Å². The van der Waals surface area contributed by atoms with E-state index in [0.717, 1.165) is 40.5 Å². The highest BCUT2D eigenvalue weighted by Crippen LogP contribution is 2.39. The highest BCUT2D eigenvalue weighted by molar-refractivity contribution is 7.80. The molecule has 2 aromatic carbocycles. The summed E-state index contributed by atoms with van der Waals surface area (Å²) in [5, 5.41) is 7.18. The minimum atomic E-state index is -0.168. The maximum Gasteiger partial charge on any atom is 0.226 e. The van der Waals surface area contributed by atoms with Crippen molar-refractivity contribution in [3.05, 3.63) is 108 Å². The van der Waals surface area contributed by atoms with Crippen molar-refractivity contribution in [3.8, 4) is 11.4 Å². The van der Waals surface area contributed by atoms with Crippen LogP contribution in [0.4, 0.5) is 5.69 Å². The second-order valence-electron chi connectivity index (χ2n) is 9.36. The smallest absolute Gasteiger partial charge is 0.226 e. The molecule has 1 amide bonds. The zero-order valence-corrected chi connectivity index (χ0v) is 23.0. The number of ether oxygens (including phenoxy) is 1. The Morgan fingerprint density at radius 2 is 1.82 bits per heavy atom. The van der Waals surface area contributed by atoms with Crippen LogP contribution in [-0.4, -0.2) is 38.6 Å². The van der Waals surface area contributed by atoms with Crippen LogP contribution in [-0.2, 0) is 11.2 Å². The van der Waals surface area contributed by atoms with E-state index in [9.17, 15) is 4.79 Å². The molecule has 0 bridgehead atoms. The number of hydrogen-bond donors (Lipinski definition) is 2.